The standard InChI is InChI=1S/C23H29N2O5PS2/c1-22(2)15-28-31(32,29-16-22)25(18-11-7-6-8-12-18)33-24(5)21(26)30-20-19-17(10-9-13-27-19)14-23(20,3)4/h6-13H,14-16H2,1-5H3. The zero-order valence-electron chi connectivity index (χ0n) is 19.4. The van der Waals surface area contributed by atoms with E-state index in [2.05, 4.69) is 13.8 Å². The first kappa shape index (κ1) is 24.4. The number of amides is 1. The van der Waals surface area contributed by atoms with Crippen LogP contribution in [-0.4, -0.2) is 30.7 Å². The second kappa shape index (κ2) is 9.12. The van der Waals surface area contributed by atoms with Crippen LogP contribution in [0.15, 0.2) is 65.8 Å². The van der Waals surface area contributed by atoms with Crippen LogP contribution in [0.4, 0.5) is 10.5 Å². The highest BCUT2D eigenvalue weighted by atomic mass is 32.5. The van der Waals surface area contributed by atoms with Gasteiger partial charge in [-0.25, -0.2) is 13.2 Å². The highest BCUT2D eigenvalue weighted by Crippen LogP contribution is 2.61. The second-order valence-corrected chi connectivity index (χ2v) is 14.2. The number of allylic oxidation sites excluding steroid dienone is 4. The fourth-order valence-electron chi connectivity index (χ4n) is 3.59. The van der Waals surface area contributed by atoms with E-state index in [9.17, 15) is 4.79 Å². The summed E-state index contributed by atoms with van der Waals surface area (Å²) in [5, 5.41) is 0. The summed E-state index contributed by atoms with van der Waals surface area (Å²) < 4.78 is 26.9. The molecule has 3 aliphatic rings. The van der Waals surface area contributed by atoms with Crippen molar-refractivity contribution in [2.75, 3.05) is 24.3 Å². The zero-order chi connectivity index (χ0) is 23.9. The smallest absolute Gasteiger partial charge is 0.426 e. The molecule has 1 aromatic carbocycles. The van der Waals surface area contributed by atoms with Gasteiger partial charge in [0.05, 0.1) is 37.3 Å². The third-order valence-electron chi connectivity index (χ3n) is 5.39. The lowest BCUT2D eigenvalue weighted by Gasteiger charge is -2.42. The van der Waals surface area contributed by atoms with Gasteiger partial charge >= 0.3 is 12.7 Å². The Morgan fingerprint density at radius 1 is 1.15 bits per heavy atom. The predicted molar refractivity (Wildman–Crippen MR) is 134 cm³/mol. The van der Waals surface area contributed by atoms with Crippen LogP contribution in [0.3, 0.4) is 0 Å². The summed E-state index contributed by atoms with van der Waals surface area (Å²) in [7, 11) is 1.64. The molecule has 0 unspecified atom stereocenters. The van der Waals surface area contributed by atoms with Crippen molar-refractivity contribution in [2.24, 2.45) is 10.8 Å². The molecule has 1 aromatic rings. The molecule has 10 heteroatoms. The fraction of sp³-hybridized carbons (Fsp3) is 0.435. The van der Waals surface area contributed by atoms with Crippen molar-refractivity contribution in [3.8, 4) is 0 Å². The largest absolute Gasteiger partial charge is 0.461 e. The Hall–Kier alpha value is -1.77. The lowest BCUT2D eigenvalue weighted by atomic mass is 9.90. The number of benzene rings is 1. The van der Waals surface area contributed by atoms with Crippen molar-refractivity contribution in [2.45, 2.75) is 34.1 Å². The third-order valence-corrected chi connectivity index (χ3v) is 10.0. The summed E-state index contributed by atoms with van der Waals surface area (Å²) in [4.78, 5) is 13.1. The van der Waals surface area contributed by atoms with Crippen molar-refractivity contribution >= 4 is 42.4 Å². The van der Waals surface area contributed by atoms with Gasteiger partial charge in [-0.1, -0.05) is 52.0 Å². The molecule has 1 aliphatic carbocycles. The average Bonchev–Trinajstić information content (AvgIpc) is 3.04. The lowest BCUT2D eigenvalue weighted by Crippen LogP contribution is -2.35. The lowest BCUT2D eigenvalue weighted by molar-refractivity contribution is 0.0608. The molecule has 33 heavy (non-hydrogen) atoms. The fourth-order valence-corrected chi connectivity index (χ4v) is 7.70. The van der Waals surface area contributed by atoms with Gasteiger partial charge in [-0.05, 0) is 42.0 Å². The van der Waals surface area contributed by atoms with Gasteiger partial charge in [-0.2, -0.15) is 0 Å². The monoisotopic (exact) mass is 508 g/mol. The van der Waals surface area contributed by atoms with Crippen molar-refractivity contribution in [3.05, 3.63) is 65.8 Å². The number of hydrogen-bond donors (Lipinski definition) is 0. The quantitative estimate of drug-likeness (QED) is 0.329. The molecular formula is C23H29N2O5PS2. The Morgan fingerprint density at radius 2 is 1.82 bits per heavy atom. The number of fused-ring (bicyclic) bond motifs is 1. The predicted octanol–water partition coefficient (Wildman–Crippen LogP) is 6.53. The summed E-state index contributed by atoms with van der Waals surface area (Å²) in [6, 6.07) is 9.56. The Morgan fingerprint density at radius 3 is 2.48 bits per heavy atom. The van der Waals surface area contributed by atoms with Gasteiger partial charge < -0.3 is 18.5 Å². The highest BCUT2D eigenvalue weighted by molar-refractivity contribution is 8.19. The van der Waals surface area contributed by atoms with Gasteiger partial charge in [-0.3, -0.25) is 0 Å². The SMILES string of the molecule is CN(SN(c1ccccc1)P1(=S)OCC(C)(C)CO1)C(=O)OC1=C2OC=CC=C2CC1(C)C. The van der Waals surface area contributed by atoms with Crippen LogP contribution in [0.5, 0.6) is 0 Å². The van der Waals surface area contributed by atoms with Crippen LogP contribution in [0.1, 0.15) is 34.1 Å². The van der Waals surface area contributed by atoms with E-state index in [1.54, 1.807) is 17.4 Å². The first-order chi connectivity index (χ1) is 15.5. The van der Waals surface area contributed by atoms with E-state index in [0.29, 0.717) is 24.7 Å². The number of carbonyl (C=O) groups is 1. The van der Waals surface area contributed by atoms with E-state index in [0.717, 1.165) is 29.8 Å². The normalized spacial score (nSPS) is 22.2. The van der Waals surface area contributed by atoms with Gasteiger partial charge in [0.2, 0.25) is 0 Å². The molecule has 1 saturated heterocycles. The van der Waals surface area contributed by atoms with Crippen LogP contribution >= 0.6 is 18.8 Å². The van der Waals surface area contributed by atoms with E-state index in [-0.39, 0.29) is 10.8 Å². The minimum absolute atomic E-state index is 0.123. The first-order valence-corrected chi connectivity index (χ1v) is 14.0. The molecule has 0 saturated carbocycles. The molecule has 0 radical (unpaired) electrons. The zero-order valence-corrected chi connectivity index (χ0v) is 22.0. The van der Waals surface area contributed by atoms with Gasteiger partial charge in [0.1, 0.15) is 0 Å². The van der Waals surface area contributed by atoms with Crippen LogP contribution in [0.2, 0.25) is 0 Å². The van der Waals surface area contributed by atoms with Crippen LogP contribution < -0.4 is 4.08 Å². The third kappa shape index (κ3) is 5.17. The van der Waals surface area contributed by atoms with E-state index in [1.807, 2.05) is 56.3 Å². The molecule has 7 nitrogen and oxygen atoms in total. The summed E-state index contributed by atoms with van der Waals surface area (Å²) in [6.07, 6.45) is 5.63. The maximum atomic E-state index is 13.1. The molecule has 0 spiro atoms. The summed E-state index contributed by atoms with van der Waals surface area (Å²) in [6.45, 7) is 6.28. The Balaban J connectivity index is 1.54. The molecule has 0 atom stereocenters. The molecule has 1 amide bonds. The Kier molecular flexibility index (Phi) is 6.73. The van der Waals surface area contributed by atoms with Crippen LogP contribution in [0, 0.1) is 10.8 Å². The first-order valence-electron chi connectivity index (χ1n) is 10.7. The molecular weight excluding hydrogens is 479 g/mol. The number of nitrogens with zero attached hydrogens (tertiary/aromatic N) is 2. The molecule has 2 heterocycles. The van der Waals surface area contributed by atoms with Gasteiger partial charge in [0.25, 0.3) is 0 Å². The number of para-hydroxylation sites is 1. The van der Waals surface area contributed by atoms with Crippen LogP contribution in [0.25, 0.3) is 0 Å². The van der Waals surface area contributed by atoms with E-state index < -0.39 is 12.7 Å². The Bertz CT molecular complexity index is 1050. The van der Waals surface area contributed by atoms with Crippen molar-refractivity contribution < 1.29 is 23.3 Å². The number of anilines is 1. The van der Waals surface area contributed by atoms with Crippen molar-refractivity contribution in [1.82, 2.24) is 4.31 Å². The highest BCUT2D eigenvalue weighted by Gasteiger charge is 2.43. The van der Waals surface area contributed by atoms with Gasteiger partial charge in [0, 0.05) is 17.9 Å². The number of carbonyl (C=O) groups excluding carboxylic acids is 1. The van der Waals surface area contributed by atoms with Crippen molar-refractivity contribution in [3.63, 3.8) is 0 Å². The van der Waals surface area contributed by atoms with Crippen molar-refractivity contribution in [1.29, 1.82) is 0 Å². The molecule has 0 N–H and O–H groups in total. The summed E-state index contributed by atoms with van der Waals surface area (Å²) in [5.41, 5.74) is 1.33. The van der Waals surface area contributed by atoms with Gasteiger partial charge in [-0.15, -0.1) is 0 Å². The molecule has 4 rings (SSSR count). The topological polar surface area (TPSA) is 60.5 Å². The molecule has 2 aliphatic heterocycles. The van der Waals surface area contributed by atoms with Crippen LogP contribution in [-0.2, 0) is 30.3 Å². The second-order valence-electron chi connectivity index (χ2n) is 9.59. The molecule has 178 valence electrons. The maximum absolute atomic E-state index is 13.1. The van der Waals surface area contributed by atoms with E-state index >= 15 is 0 Å². The molecule has 0 aromatic heterocycles. The minimum Gasteiger partial charge on any atom is -0.461 e. The average molecular weight is 509 g/mol. The summed E-state index contributed by atoms with van der Waals surface area (Å²) in [5.74, 6) is 1.14. The Labute approximate surface area is 204 Å². The van der Waals surface area contributed by atoms with E-state index in [4.69, 9.17) is 30.3 Å². The van der Waals surface area contributed by atoms with Gasteiger partial charge in [0.15, 0.2) is 11.5 Å². The number of ether oxygens (including phenoxy) is 2. The number of rotatable bonds is 5. The van der Waals surface area contributed by atoms with E-state index in [1.165, 1.54) is 4.31 Å². The number of hydrogen-bond acceptors (Lipinski definition) is 7. The summed E-state index contributed by atoms with van der Waals surface area (Å²) >= 11 is 6.99. The minimum atomic E-state index is -2.88. The molecule has 1 fully saturated rings. The maximum Gasteiger partial charge on any atom is 0.426 e. The molecule has 0 bridgehead atoms.